The first-order chi connectivity index (χ1) is 8.17. The molecule has 17 heavy (non-hydrogen) atoms. The quantitative estimate of drug-likeness (QED) is 0.665. The third-order valence-electron chi connectivity index (χ3n) is 2.67. The average Bonchev–Trinajstić information content (AvgIpc) is 2.22. The van der Waals surface area contributed by atoms with Crippen LogP contribution in [0, 0.1) is 5.92 Å². The van der Waals surface area contributed by atoms with Crippen LogP contribution < -0.4 is 15.8 Å². The molecule has 0 amide bonds. The Labute approximate surface area is 99.4 Å². The van der Waals surface area contributed by atoms with E-state index in [1.165, 1.54) is 0 Å². The Morgan fingerprint density at radius 2 is 2.18 bits per heavy atom. The molecule has 0 unspecified atom stereocenters. The van der Waals surface area contributed by atoms with E-state index in [1.807, 2.05) is 6.92 Å². The van der Waals surface area contributed by atoms with Crippen molar-refractivity contribution in [1.29, 1.82) is 0 Å². The van der Waals surface area contributed by atoms with Gasteiger partial charge in [0.15, 0.2) is 0 Å². The molecule has 1 aromatic heterocycles. The fourth-order valence-electron chi connectivity index (χ4n) is 1.75. The summed E-state index contributed by atoms with van der Waals surface area (Å²) in [4.78, 5) is 11.9. The molecule has 1 saturated carbocycles. The molecular weight excluding hydrogens is 222 g/mol. The van der Waals surface area contributed by atoms with Crippen LogP contribution >= 0.6 is 0 Å². The second kappa shape index (κ2) is 5.13. The fourth-order valence-corrected chi connectivity index (χ4v) is 1.75. The van der Waals surface area contributed by atoms with Crippen molar-refractivity contribution in [3.8, 4) is 6.01 Å². The number of nitrogen functional groups attached to an aromatic ring is 1. The lowest BCUT2D eigenvalue weighted by Gasteiger charge is -2.31. The van der Waals surface area contributed by atoms with Gasteiger partial charge in [0.2, 0.25) is 11.9 Å². The molecule has 1 fully saturated rings. The number of nitrogens with one attached hydrogen (secondary N) is 1. The van der Waals surface area contributed by atoms with E-state index in [1.54, 1.807) is 0 Å². The van der Waals surface area contributed by atoms with Gasteiger partial charge in [0, 0.05) is 6.54 Å². The molecule has 0 saturated heterocycles. The number of rotatable bonds is 5. The lowest BCUT2D eigenvalue weighted by atomic mass is 9.82. The predicted molar refractivity (Wildman–Crippen MR) is 62.6 cm³/mol. The molecule has 0 radical (unpaired) electrons. The fraction of sp³-hybridized carbons (Fsp3) is 0.700. The SMILES string of the molecule is CCOc1nc(N)nc(NCC2CC(O)C2)n1. The summed E-state index contributed by atoms with van der Waals surface area (Å²) in [7, 11) is 0. The summed E-state index contributed by atoms with van der Waals surface area (Å²) in [5.74, 6) is 1.03. The van der Waals surface area contributed by atoms with Gasteiger partial charge in [-0.05, 0) is 25.7 Å². The molecule has 4 N–H and O–H groups in total. The van der Waals surface area contributed by atoms with Crippen molar-refractivity contribution >= 4 is 11.9 Å². The number of hydrogen-bond acceptors (Lipinski definition) is 7. The molecule has 2 rings (SSSR count). The zero-order valence-electron chi connectivity index (χ0n) is 9.76. The van der Waals surface area contributed by atoms with Crippen molar-refractivity contribution < 1.29 is 9.84 Å². The topological polar surface area (TPSA) is 106 Å². The van der Waals surface area contributed by atoms with Gasteiger partial charge in [0.1, 0.15) is 0 Å². The van der Waals surface area contributed by atoms with Crippen LogP contribution in [-0.4, -0.2) is 39.3 Å². The van der Waals surface area contributed by atoms with Crippen molar-refractivity contribution in [2.24, 2.45) is 5.92 Å². The maximum absolute atomic E-state index is 9.16. The molecule has 1 heterocycles. The zero-order chi connectivity index (χ0) is 12.3. The molecule has 0 atom stereocenters. The number of anilines is 2. The lowest BCUT2D eigenvalue weighted by Crippen LogP contribution is -2.33. The van der Waals surface area contributed by atoms with Crippen LogP contribution in [0.5, 0.6) is 6.01 Å². The molecule has 94 valence electrons. The summed E-state index contributed by atoms with van der Waals surface area (Å²) in [6.07, 6.45) is 1.50. The third-order valence-corrected chi connectivity index (χ3v) is 2.67. The number of nitrogens with two attached hydrogens (primary N) is 1. The normalized spacial score (nSPS) is 22.9. The summed E-state index contributed by atoms with van der Waals surface area (Å²) in [5.41, 5.74) is 5.54. The highest BCUT2D eigenvalue weighted by Crippen LogP contribution is 2.27. The van der Waals surface area contributed by atoms with Gasteiger partial charge >= 0.3 is 6.01 Å². The van der Waals surface area contributed by atoms with E-state index in [-0.39, 0.29) is 18.1 Å². The van der Waals surface area contributed by atoms with Gasteiger partial charge in [-0.25, -0.2) is 0 Å². The summed E-state index contributed by atoms with van der Waals surface area (Å²) in [6.45, 7) is 3.06. The molecule has 7 heteroatoms. The Balaban J connectivity index is 1.90. The summed E-state index contributed by atoms with van der Waals surface area (Å²) in [6, 6.07) is 0.233. The number of hydrogen-bond donors (Lipinski definition) is 3. The monoisotopic (exact) mass is 239 g/mol. The predicted octanol–water partition coefficient (Wildman–Crippen LogP) is 0.0353. The number of aliphatic hydroxyl groups excluding tert-OH is 1. The van der Waals surface area contributed by atoms with Crippen LogP contribution in [0.1, 0.15) is 19.8 Å². The highest BCUT2D eigenvalue weighted by molar-refractivity contribution is 5.32. The summed E-state index contributed by atoms with van der Waals surface area (Å²) in [5, 5.41) is 12.2. The van der Waals surface area contributed by atoms with Crippen LogP contribution in [0.2, 0.25) is 0 Å². The molecule has 0 aromatic carbocycles. The molecule has 7 nitrogen and oxygen atoms in total. The van der Waals surface area contributed by atoms with Gasteiger partial charge in [-0.15, -0.1) is 0 Å². The van der Waals surface area contributed by atoms with E-state index in [9.17, 15) is 0 Å². The van der Waals surface area contributed by atoms with Crippen LogP contribution in [0.25, 0.3) is 0 Å². The van der Waals surface area contributed by atoms with Crippen molar-refractivity contribution in [2.45, 2.75) is 25.9 Å². The van der Waals surface area contributed by atoms with Crippen LogP contribution in [0.4, 0.5) is 11.9 Å². The first kappa shape index (κ1) is 11.8. The Morgan fingerprint density at radius 1 is 1.41 bits per heavy atom. The van der Waals surface area contributed by atoms with Crippen LogP contribution in [0.3, 0.4) is 0 Å². The van der Waals surface area contributed by atoms with E-state index in [0.29, 0.717) is 18.5 Å². The maximum atomic E-state index is 9.16. The minimum absolute atomic E-state index is 0.139. The summed E-state index contributed by atoms with van der Waals surface area (Å²) < 4.78 is 5.17. The number of aliphatic hydroxyl groups is 1. The van der Waals surface area contributed by atoms with Gasteiger partial charge in [0.25, 0.3) is 0 Å². The van der Waals surface area contributed by atoms with Crippen molar-refractivity contribution in [3.63, 3.8) is 0 Å². The highest BCUT2D eigenvalue weighted by atomic mass is 16.5. The summed E-state index contributed by atoms with van der Waals surface area (Å²) >= 11 is 0. The van der Waals surface area contributed by atoms with E-state index in [4.69, 9.17) is 15.6 Å². The van der Waals surface area contributed by atoms with Crippen molar-refractivity contribution in [2.75, 3.05) is 24.2 Å². The largest absolute Gasteiger partial charge is 0.464 e. The second-order valence-corrected chi connectivity index (χ2v) is 4.10. The number of ether oxygens (including phenoxy) is 1. The average molecular weight is 239 g/mol. The minimum Gasteiger partial charge on any atom is -0.464 e. The van der Waals surface area contributed by atoms with Gasteiger partial charge < -0.3 is 20.9 Å². The van der Waals surface area contributed by atoms with Crippen molar-refractivity contribution in [3.05, 3.63) is 0 Å². The Bertz CT molecular complexity index is 381. The first-order valence-electron chi connectivity index (χ1n) is 5.73. The van der Waals surface area contributed by atoms with Gasteiger partial charge in [-0.3, -0.25) is 0 Å². The highest BCUT2D eigenvalue weighted by Gasteiger charge is 2.26. The Morgan fingerprint density at radius 3 is 2.82 bits per heavy atom. The maximum Gasteiger partial charge on any atom is 0.323 e. The lowest BCUT2D eigenvalue weighted by molar-refractivity contribution is 0.0486. The van der Waals surface area contributed by atoms with E-state index >= 15 is 0 Å². The number of nitrogens with zero attached hydrogens (tertiary/aromatic N) is 3. The van der Waals surface area contributed by atoms with E-state index < -0.39 is 0 Å². The van der Waals surface area contributed by atoms with E-state index in [2.05, 4.69) is 20.3 Å². The molecule has 1 aliphatic carbocycles. The minimum atomic E-state index is -0.149. The Kier molecular flexibility index (Phi) is 3.58. The molecule has 0 spiro atoms. The molecule has 0 bridgehead atoms. The smallest absolute Gasteiger partial charge is 0.323 e. The second-order valence-electron chi connectivity index (χ2n) is 4.10. The molecule has 0 aliphatic heterocycles. The Hall–Kier alpha value is -1.63. The zero-order valence-corrected chi connectivity index (χ0v) is 9.76. The van der Waals surface area contributed by atoms with Crippen LogP contribution in [-0.2, 0) is 0 Å². The third kappa shape index (κ3) is 3.16. The van der Waals surface area contributed by atoms with Crippen molar-refractivity contribution in [1.82, 2.24) is 15.0 Å². The van der Waals surface area contributed by atoms with Gasteiger partial charge in [-0.1, -0.05) is 0 Å². The van der Waals surface area contributed by atoms with Gasteiger partial charge in [0.05, 0.1) is 12.7 Å². The molecule has 1 aromatic rings. The first-order valence-corrected chi connectivity index (χ1v) is 5.73. The molecular formula is C10H17N5O2. The standard InChI is InChI=1S/C10H17N5O2/c1-2-17-10-14-8(11)13-9(15-10)12-5-6-3-7(16)4-6/h6-7,16H,2-5H2,1H3,(H3,11,12,13,14,15). The number of aromatic nitrogens is 3. The van der Waals surface area contributed by atoms with E-state index in [0.717, 1.165) is 19.4 Å². The van der Waals surface area contributed by atoms with Gasteiger partial charge in [-0.2, -0.15) is 15.0 Å². The molecule has 1 aliphatic rings. The van der Waals surface area contributed by atoms with Crippen LogP contribution in [0.15, 0.2) is 0 Å².